The average Bonchev–Trinajstić information content (AvgIpc) is 2.11. The van der Waals surface area contributed by atoms with E-state index in [1.807, 2.05) is 0 Å². The van der Waals surface area contributed by atoms with Gasteiger partial charge in [-0.2, -0.15) is 0 Å². The van der Waals surface area contributed by atoms with E-state index in [0.29, 0.717) is 5.11 Å². The van der Waals surface area contributed by atoms with Crippen molar-refractivity contribution in [2.24, 2.45) is 0 Å². The third kappa shape index (κ3) is 2.70. The van der Waals surface area contributed by atoms with Gasteiger partial charge in [0.15, 0.2) is 5.11 Å². The molecule has 1 aromatic carbocycles. The Labute approximate surface area is 84.3 Å². The van der Waals surface area contributed by atoms with E-state index in [-0.39, 0.29) is 0 Å². The number of hydrogen-bond donors (Lipinski definition) is 2. The molecule has 2 N–H and O–H groups in total. The van der Waals surface area contributed by atoms with Crippen LogP contribution < -0.4 is 10.6 Å². The minimum Gasteiger partial charge on any atom is -0.366 e. The van der Waals surface area contributed by atoms with Crippen LogP contribution >= 0.6 is 12.2 Å². The minimum absolute atomic E-state index is 0.647. The first-order chi connectivity index (χ1) is 6.13. The second-order valence-electron chi connectivity index (χ2n) is 3.02. The highest BCUT2D eigenvalue weighted by Gasteiger charge is 1.99. The summed E-state index contributed by atoms with van der Waals surface area (Å²) in [5, 5.41) is 6.65. The molecule has 0 amide bonds. The third-order valence-electron chi connectivity index (χ3n) is 1.87. The summed E-state index contributed by atoms with van der Waals surface area (Å²) in [5.74, 6) is 0. The number of aryl methyl sites for hydroxylation is 2. The Hall–Kier alpha value is -1.09. The van der Waals surface area contributed by atoms with E-state index in [1.165, 1.54) is 11.1 Å². The van der Waals surface area contributed by atoms with Crippen molar-refractivity contribution in [3.63, 3.8) is 0 Å². The summed E-state index contributed by atoms with van der Waals surface area (Å²) in [5.41, 5.74) is 3.49. The molecule has 0 saturated heterocycles. The van der Waals surface area contributed by atoms with Crippen LogP contribution in [0.1, 0.15) is 11.1 Å². The van der Waals surface area contributed by atoms with Gasteiger partial charge in [0.1, 0.15) is 0 Å². The van der Waals surface area contributed by atoms with Crippen molar-refractivity contribution < 1.29 is 0 Å². The minimum atomic E-state index is 0.647. The summed E-state index contributed by atoms with van der Waals surface area (Å²) in [7, 11) is 1.81. The van der Waals surface area contributed by atoms with Gasteiger partial charge < -0.3 is 10.6 Å². The van der Waals surface area contributed by atoms with E-state index < -0.39 is 0 Å². The molecule has 2 nitrogen and oxygen atoms in total. The summed E-state index contributed by atoms with van der Waals surface area (Å²) >= 11 is 5.02. The Bertz CT molecular complexity index is 321. The Morgan fingerprint density at radius 1 is 1.31 bits per heavy atom. The fourth-order valence-corrected chi connectivity index (χ4v) is 1.17. The summed E-state index contributed by atoms with van der Waals surface area (Å²) in [4.78, 5) is 0. The van der Waals surface area contributed by atoms with E-state index in [4.69, 9.17) is 12.2 Å². The van der Waals surface area contributed by atoms with Crippen LogP contribution in [0.4, 0.5) is 5.69 Å². The van der Waals surface area contributed by atoms with Gasteiger partial charge in [-0.05, 0) is 43.3 Å². The van der Waals surface area contributed by atoms with Gasteiger partial charge in [-0.15, -0.1) is 0 Å². The van der Waals surface area contributed by atoms with Gasteiger partial charge in [0.2, 0.25) is 0 Å². The Morgan fingerprint density at radius 2 is 2.00 bits per heavy atom. The van der Waals surface area contributed by atoms with Crippen LogP contribution in [0.5, 0.6) is 0 Å². The molecule has 13 heavy (non-hydrogen) atoms. The Morgan fingerprint density at radius 3 is 2.62 bits per heavy atom. The normalized spacial score (nSPS) is 9.46. The largest absolute Gasteiger partial charge is 0.366 e. The summed E-state index contributed by atoms with van der Waals surface area (Å²) in [6.07, 6.45) is 0. The molecule has 0 aromatic heterocycles. The third-order valence-corrected chi connectivity index (χ3v) is 2.17. The second-order valence-corrected chi connectivity index (χ2v) is 3.43. The van der Waals surface area contributed by atoms with E-state index in [2.05, 4.69) is 42.7 Å². The van der Waals surface area contributed by atoms with Gasteiger partial charge in [0.05, 0.1) is 0 Å². The molecule has 1 rings (SSSR count). The second kappa shape index (κ2) is 4.23. The first-order valence-corrected chi connectivity index (χ1v) is 4.60. The van der Waals surface area contributed by atoms with Gasteiger partial charge >= 0.3 is 0 Å². The molecule has 0 aliphatic heterocycles. The molecule has 0 heterocycles. The number of rotatable bonds is 1. The van der Waals surface area contributed by atoms with Gasteiger partial charge in [-0.1, -0.05) is 12.1 Å². The van der Waals surface area contributed by atoms with Crippen LogP contribution in [0, 0.1) is 13.8 Å². The van der Waals surface area contributed by atoms with Crippen molar-refractivity contribution in [2.45, 2.75) is 13.8 Å². The summed E-state index contributed by atoms with van der Waals surface area (Å²) in [6.45, 7) is 4.12. The predicted molar refractivity (Wildman–Crippen MR) is 61.2 cm³/mol. The maximum Gasteiger partial charge on any atom is 0.170 e. The van der Waals surface area contributed by atoms with Crippen molar-refractivity contribution in [1.82, 2.24) is 5.32 Å². The number of thiocarbonyl (C=S) groups is 1. The maximum atomic E-state index is 5.02. The standard InChI is InChI=1S/C10H14N2S/c1-7-4-5-8(2)9(6-7)12-10(13)11-3/h4-6H,1-3H3,(H2,11,12,13). The molecule has 0 radical (unpaired) electrons. The zero-order chi connectivity index (χ0) is 9.84. The molecular weight excluding hydrogens is 180 g/mol. The maximum absolute atomic E-state index is 5.02. The molecule has 70 valence electrons. The molecule has 0 fully saturated rings. The molecule has 0 bridgehead atoms. The van der Waals surface area contributed by atoms with Crippen LogP contribution in [0.25, 0.3) is 0 Å². The summed E-state index contributed by atoms with van der Waals surface area (Å²) in [6, 6.07) is 6.25. The monoisotopic (exact) mass is 194 g/mol. The zero-order valence-electron chi connectivity index (χ0n) is 8.14. The van der Waals surface area contributed by atoms with Crippen molar-refractivity contribution in [3.05, 3.63) is 29.3 Å². The predicted octanol–water partition coefficient (Wildman–Crippen LogP) is 2.22. The van der Waals surface area contributed by atoms with E-state index >= 15 is 0 Å². The highest BCUT2D eigenvalue weighted by molar-refractivity contribution is 7.80. The number of nitrogens with one attached hydrogen (secondary N) is 2. The lowest BCUT2D eigenvalue weighted by Gasteiger charge is -2.10. The fourth-order valence-electron chi connectivity index (χ4n) is 1.06. The Balaban J connectivity index is 2.87. The van der Waals surface area contributed by atoms with E-state index in [0.717, 1.165) is 5.69 Å². The molecule has 3 heteroatoms. The molecule has 0 aliphatic rings. The first kappa shape index (κ1) is 9.99. The first-order valence-electron chi connectivity index (χ1n) is 4.19. The molecular formula is C10H14N2S. The Kier molecular flexibility index (Phi) is 3.25. The highest BCUT2D eigenvalue weighted by atomic mass is 32.1. The van der Waals surface area contributed by atoms with Crippen molar-refractivity contribution in [2.75, 3.05) is 12.4 Å². The quantitative estimate of drug-likeness (QED) is 0.670. The SMILES string of the molecule is CNC(=S)Nc1cc(C)ccc1C. The van der Waals surface area contributed by atoms with Crippen LogP contribution in [-0.2, 0) is 0 Å². The average molecular weight is 194 g/mol. The molecule has 0 aliphatic carbocycles. The van der Waals surface area contributed by atoms with Crippen molar-refractivity contribution >= 4 is 23.0 Å². The lowest BCUT2D eigenvalue weighted by molar-refractivity contribution is 1.19. The van der Waals surface area contributed by atoms with Crippen LogP contribution in [0.2, 0.25) is 0 Å². The van der Waals surface area contributed by atoms with Crippen molar-refractivity contribution in [3.8, 4) is 0 Å². The molecule has 0 spiro atoms. The number of benzene rings is 1. The van der Waals surface area contributed by atoms with E-state index in [1.54, 1.807) is 7.05 Å². The van der Waals surface area contributed by atoms with Crippen LogP contribution in [0.3, 0.4) is 0 Å². The van der Waals surface area contributed by atoms with Gasteiger partial charge in [0, 0.05) is 12.7 Å². The van der Waals surface area contributed by atoms with E-state index in [9.17, 15) is 0 Å². The van der Waals surface area contributed by atoms with Gasteiger partial charge in [-0.25, -0.2) is 0 Å². The lowest BCUT2D eigenvalue weighted by atomic mass is 10.1. The zero-order valence-corrected chi connectivity index (χ0v) is 8.96. The topological polar surface area (TPSA) is 24.1 Å². The highest BCUT2D eigenvalue weighted by Crippen LogP contribution is 2.15. The van der Waals surface area contributed by atoms with Crippen molar-refractivity contribution in [1.29, 1.82) is 0 Å². The van der Waals surface area contributed by atoms with Gasteiger partial charge in [-0.3, -0.25) is 0 Å². The fraction of sp³-hybridized carbons (Fsp3) is 0.300. The molecule has 0 saturated carbocycles. The summed E-state index contributed by atoms with van der Waals surface area (Å²) < 4.78 is 0. The van der Waals surface area contributed by atoms with Crippen LogP contribution in [0.15, 0.2) is 18.2 Å². The molecule has 0 unspecified atom stereocenters. The van der Waals surface area contributed by atoms with Crippen LogP contribution in [-0.4, -0.2) is 12.2 Å². The van der Waals surface area contributed by atoms with Gasteiger partial charge in [0.25, 0.3) is 0 Å². The lowest BCUT2D eigenvalue weighted by Crippen LogP contribution is -2.24. The number of anilines is 1. The molecule has 1 aromatic rings. The number of hydrogen-bond acceptors (Lipinski definition) is 1. The smallest absolute Gasteiger partial charge is 0.170 e. The molecule has 0 atom stereocenters.